The third-order valence-corrected chi connectivity index (χ3v) is 4.43. The molecule has 0 N–H and O–H groups in total. The van der Waals surface area contributed by atoms with Gasteiger partial charge in [-0.15, -0.1) is 0 Å². The van der Waals surface area contributed by atoms with Gasteiger partial charge in [0, 0.05) is 55.1 Å². The van der Waals surface area contributed by atoms with Gasteiger partial charge in [0.25, 0.3) is 0 Å². The quantitative estimate of drug-likeness (QED) is 0.740. The molecule has 0 unspecified atom stereocenters. The van der Waals surface area contributed by atoms with E-state index in [1.807, 2.05) is 6.07 Å². The van der Waals surface area contributed by atoms with Crippen LogP contribution in [0.5, 0.6) is 5.88 Å². The first-order chi connectivity index (χ1) is 11.8. The predicted molar refractivity (Wildman–Crippen MR) is 94.4 cm³/mol. The van der Waals surface area contributed by atoms with E-state index < -0.39 is 0 Å². The number of aromatic nitrogens is 3. The standard InChI is InChI=1S/C19H20N4O/c1-14-12-18(16-4-2-3-5-17(16)22-14)23-10-6-15(7-11-23)24-19-13-20-8-9-21-19/h2-5,8-9,12-13,15H,6-7,10-11H2,1H3. The van der Waals surface area contributed by atoms with E-state index in [4.69, 9.17) is 4.74 Å². The maximum atomic E-state index is 5.94. The number of rotatable bonds is 3. The highest BCUT2D eigenvalue weighted by atomic mass is 16.5. The van der Waals surface area contributed by atoms with E-state index in [0.29, 0.717) is 5.88 Å². The maximum absolute atomic E-state index is 5.94. The Morgan fingerprint density at radius 1 is 1.12 bits per heavy atom. The topological polar surface area (TPSA) is 51.1 Å². The van der Waals surface area contributed by atoms with Crippen LogP contribution in [0.25, 0.3) is 10.9 Å². The molecule has 0 saturated carbocycles. The van der Waals surface area contributed by atoms with Gasteiger partial charge < -0.3 is 9.64 Å². The first-order valence-corrected chi connectivity index (χ1v) is 8.33. The number of pyridine rings is 1. The van der Waals surface area contributed by atoms with Crippen LogP contribution in [0.1, 0.15) is 18.5 Å². The molecule has 0 spiro atoms. The molecule has 5 nitrogen and oxygen atoms in total. The van der Waals surface area contributed by atoms with Gasteiger partial charge in [-0.1, -0.05) is 18.2 Å². The van der Waals surface area contributed by atoms with Crippen molar-refractivity contribution in [2.75, 3.05) is 18.0 Å². The van der Waals surface area contributed by atoms with Crippen molar-refractivity contribution in [3.8, 4) is 5.88 Å². The van der Waals surface area contributed by atoms with Gasteiger partial charge in [-0.2, -0.15) is 0 Å². The van der Waals surface area contributed by atoms with E-state index >= 15 is 0 Å². The second-order valence-corrected chi connectivity index (χ2v) is 6.15. The van der Waals surface area contributed by atoms with Crippen molar-refractivity contribution in [1.29, 1.82) is 0 Å². The largest absolute Gasteiger partial charge is 0.473 e. The summed E-state index contributed by atoms with van der Waals surface area (Å²) in [6.07, 6.45) is 7.15. The van der Waals surface area contributed by atoms with E-state index in [0.717, 1.165) is 37.1 Å². The zero-order chi connectivity index (χ0) is 16.4. The van der Waals surface area contributed by atoms with Crippen molar-refractivity contribution in [3.05, 3.63) is 54.6 Å². The average Bonchev–Trinajstić information content (AvgIpc) is 2.62. The molecule has 4 rings (SSSR count). The van der Waals surface area contributed by atoms with Crippen LogP contribution in [0.2, 0.25) is 0 Å². The van der Waals surface area contributed by atoms with Crippen LogP contribution in [-0.4, -0.2) is 34.1 Å². The van der Waals surface area contributed by atoms with Gasteiger partial charge in [0.2, 0.25) is 5.88 Å². The first-order valence-electron chi connectivity index (χ1n) is 8.33. The predicted octanol–water partition coefficient (Wildman–Crippen LogP) is 3.38. The van der Waals surface area contributed by atoms with Gasteiger partial charge in [-0.25, -0.2) is 4.98 Å². The fraction of sp³-hybridized carbons (Fsp3) is 0.316. The minimum absolute atomic E-state index is 0.201. The third kappa shape index (κ3) is 3.02. The lowest BCUT2D eigenvalue weighted by Crippen LogP contribution is -2.38. The van der Waals surface area contributed by atoms with Gasteiger partial charge in [-0.3, -0.25) is 9.97 Å². The lowest BCUT2D eigenvalue weighted by molar-refractivity contribution is 0.163. The van der Waals surface area contributed by atoms with E-state index in [9.17, 15) is 0 Å². The molecular formula is C19H20N4O. The molecule has 0 bridgehead atoms. The van der Waals surface area contributed by atoms with Crippen molar-refractivity contribution in [2.24, 2.45) is 0 Å². The Morgan fingerprint density at radius 3 is 2.75 bits per heavy atom. The molecule has 0 atom stereocenters. The Labute approximate surface area is 141 Å². The molecule has 1 aromatic carbocycles. The molecular weight excluding hydrogens is 300 g/mol. The van der Waals surface area contributed by atoms with E-state index in [-0.39, 0.29) is 6.10 Å². The number of ether oxygens (including phenoxy) is 1. The number of benzene rings is 1. The fourth-order valence-corrected chi connectivity index (χ4v) is 3.28. The first kappa shape index (κ1) is 14.9. The molecule has 24 heavy (non-hydrogen) atoms. The average molecular weight is 320 g/mol. The number of anilines is 1. The molecule has 0 amide bonds. The number of fused-ring (bicyclic) bond motifs is 1. The van der Waals surface area contributed by atoms with Gasteiger partial charge >= 0.3 is 0 Å². The van der Waals surface area contributed by atoms with Gasteiger partial charge in [-0.05, 0) is 19.1 Å². The fourth-order valence-electron chi connectivity index (χ4n) is 3.28. The van der Waals surface area contributed by atoms with Crippen LogP contribution in [-0.2, 0) is 0 Å². The van der Waals surface area contributed by atoms with Crippen LogP contribution in [0, 0.1) is 6.92 Å². The summed E-state index contributed by atoms with van der Waals surface area (Å²) < 4.78 is 5.94. The normalized spacial score (nSPS) is 15.6. The summed E-state index contributed by atoms with van der Waals surface area (Å²) in [7, 11) is 0. The Balaban J connectivity index is 1.50. The lowest BCUT2D eigenvalue weighted by atomic mass is 10.0. The maximum Gasteiger partial charge on any atom is 0.232 e. The molecule has 3 aromatic rings. The summed E-state index contributed by atoms with van der Waals surface area (Å²) >= 11 is 0. The summed E-state index contributed by atoms with van der Waals surface area (Å²) in [6, 6.07) is 10.5. The Kier molecular flexibility index (Phi) is 3.99. The molecule has 3 heterocycles. The van der Waals surface area contributed by atoms with Crippen molar-refractivity contribution < 1.29 is 4.74 Å². The van der Waals surface area contributed by atoms with Gasteiger partial charge in [0.1, 0.15) is 6.10 Å². The SMILES string of the molecule is Cc1cc(N2CCC(Oc3cnccn3)CC2)c2ccccc2n1. The van der Waals surface area contributed by atoms with Crippen LogP contribution in [0.4, 0.5) is 5.69 Å². The zero-order valence-corrected chi connectivity index (χ0v) is 13.7. The minimum Gasteiger partial charge on any atom is -0.473 e. The number of piperidine rings is 1. The summed E-state index contributed by atoms with van der Waals surface area (Å²) in [5.74, 6) is 0.612. The highest BCUT2D eigenvalue weighted by molar-refractivity contribution is 5.92. The number of aryl methyl sites for hydroxylation is 1. The number of hydrogen-bond donors (Lipinski definition) is 0. The molecule has 0 aliphatic carbocycles. The molecule has 1 saturated heterocycles. The molecule has 122 valence electrons. The third-order valence-electron chi connectivity index (χ3n) is 4.43. The minimum atomic E-state index is 0.201. The zero-order valence-electron chi connectivity index (χ0n) is 13.7. The lowest BCUT2D eigenvalue weighted by Gasteiger charge is -2.34. The smallest absolute Gasteiger partial charge is 0.232 e. The second kappa shape index (κ2) is 6.43. The molecule has 1 aliphatic heterocycles. The Hall–Kier alpha value is -2.69. The Morgan fingerprint density at radius 2 is 1.96 bits per heavy atom. The van der Waals surface area contributed by atoms with Crippen LogP contribution < -0.4 is 9.64 Å². The van der Waals surface area contributed by atoms with Crippen molar-refractivity contribution >= 4 is 16.6 Å². The molecule has 1 fully saturated rings. The van der Waals surface area contributed by atoms with Crippen molar-refractivity contribution in [1.82, 2.24) is 15.0 Å². The van der Waals surface area contributed by atoms with Gasteiger partial charge in [0.05, 0.1) is 11.7 Å². The number of nitrogens with zero attached hydrogens (tertiary/aromatic N) is 4. The van der Waals surface area contributed by atoms with E-state index in [1.54, 1.807) is 18.6 Å². The van der Waals surface area contributed by atoms with Crippen molar-refractivity contribution in [3.63, 3.8) is 0 Å². The molecule has 2 aromatic heterocycles. The van der Waals surface area contributed by atoms with Crippen molar-refractivity contribution in [2.45, 2.75) is 25.9 Å². The van der Waals surface area contributed by atoms with E-state index in [1.165, 1.54) is 11.1 Å². The van der Waals surface area contributed by atoms with E-state index in [2.05, 4.69) is 51.0 Å². The van der Waals surface area contributed by atoms with Crippen LogP contribution >= 0.6 is 0 Å². The molecule has 0 radical (unpaired) electrons. The molecule has 5 heteroatoms. The van der Waals surface area contributed by atoms with Gasteiger partial charge in [0.15, 0.2) is 0 Å². The van der Waals surface area contributed by atoms with Crippen LogP contribution in [0.15, 0.2) is 48.9 Å². The monoisotopic (exact) mass is 320 g/mol. The Bertz CT molecular complexity index is 829. The highest BCUT2D eigenvalue weighted by Gasteiger charge is 2.22. The number of para-hydroxylation sites is 1. The second-order valence-electron chi connectivity index (χ2n) is 6.15. The highest BCUT2D eigenvalue weighted by Crippen LogP contribution is 2.29. The summed E-state index contributed by atoms with van der Waals surface area (Å²) in [4.78, 5) is 15.3. The van der Waals surface area contributed by atoms with Crippen LogP contribution in [0.3, 0.4) is 0 Å². The summed E-state index contributed by atoms with van der Waals surface area (Å²) in [5, 5.41) is 1.22. The number of hydrogen-bond acceptors (Lipinski definition) is 5. The molecule has 1 aliphatic rings. The summed E-state index contributed by atoms with van der Waals surface area (Å²) in [5.41, 5.74) is 3.39. The summed E-state index contributed by atoms with van der Waals surface area (Å²) in [6.45, 7) is 4.00.